The average molecular weight is 176 g/mol. The summed E-state index contributed by atoms with van der Waals surface area (Å²) in [5.74, 6) is 0. The van der Waals surface area contributed by atoms with Gasteiger partial charge in [0.25, 0.3) is 0 Å². The molecule has 0 spiro atoms. The van der Waals surface area contributed by atoms with Crippen LogP contribution in [0.1, 0.15) is 5.56 Å². The first-order valence-corrected chi connectivity index (χ1v) is 4.15. The van der Waals surface area contributed by atoms with Gasteiger partial charge in [-0.1, -0.05) is 36.4 Å². The third-order valence-electron chi connectivity index (χ3n) is 1.54. The summed E-state index contributed by atoms with van der Waals surface area (Å²) in [5.41, 5.74) is 1.14. The lowest BCUT2D eigenvalue weighted by Gasteiger charge is -1.99. The fraction of sp³-hybridized carbons (Fsp3) is 0.182. The van der Waals surface area contributed by atoms with Crippen LogP contribution in [-0.2, 0) is 16.1 Å². The molecule has 0 heterocycles. The van der Waals surface area contributed by atoms with Crippen LogP contribution in [0.25, 0.3) is 0 Å². The predicted octanol–water partition coefficient (Wildman–Crippen LogP) is 1.96. The molecular formula is C11H12O2. The first-order valence-electron chi connectivity index (χ1n) is 4.15. The summed E-state index contributed by atoms with van der Waals surface area (Å²) in [7, 11) is 0. The van der Waals surface area contributed by atoms with Gasteiger partial charge in [0.2, 0.25) is 0 Å². The molecule has 2 heteroatoms. The van der Waals surface area contributed by atoms with Crippen molar-refractivity contribution in [2.75, 3.05) is 6.61 Å². The third-order valence-corrected chi connectivity index (χ3v) is 1.54. The number of allylic oxidation sites excluding steroid dienone is 1. The minimum absolute atomic E-state index is 0.480. The highest BCUT2D eigenvalue weighted by atomic mass is 16.5. The van der Waals surface area contributed by atoms with Crippen molar-refractivity contribution in [3.63, 3.8) is 0 Å². The lowest BCUT2D eigenvalue weighted by Crippen LogP contribution is -1.91. The van der Waals surface area contributed by atoms with Crippen LogP contribution in [0.2, 0.25) is 0 Å². The summed E-state index contributed by atoms with van der Waals surface area (Å²) in [5, 5.41) is 0. The number of ether oxygens (including phenoxy) is 1. The van der Waals surface area contributed by atoms with Crippen LogP contribution in [0.4, 0.5) is 0 Å². The van der Waals surface area contributed by atoms with E-state index in [9.17, 15) is 4.79 Å². The Bertz CT molecular complexity index is 265. The molecule has 13 heavy (non-hydrogen) atoms. The molecule has 0 amide bonds. The van der Waals surface area contributed by atoms with E-state index >= 15 is 0 Å². The normalized spacial score (nSPS) is 10.5. The van der Waals surface area contributed by atoms with E-state index in [0.29, 0.717) is 13.2 Å². The van der Waals surface area contributed by atoms with Gasteiger partial charge in [0.15, 0.2) is 0 Å². The van der Waals surface area contributed by atoms with Gasteiger partial charge in [0.05, 0.1) is 13.2 Å². The Labute approximate surface area is 77.8 Å². The van der Waals surface area contributed by atoms with Gasteiger partial charge in [-0.05, 0) is 11.6 Å². The fourth-order valence-electron chi connectivity index (χ4n) is 0.930. The topological polar surface area (TPSA) is 26.3 Å². The Morgan fingerprint density at radius 3 is 2.69 bits per heavy atom. The molecule has 0 aliphatic carbocycles. The molecule has 2 nitrogen and oxygen atoms in total. The van der Waals surface area contributed by atoms with Crippen molar-refractivity contribution in [2.45, 2.75) is 6.61 Å². The Morgan fingerprint density at radius 2 is 2.00 bits per heavy atom. The van der Waals surface area contributed by atoms with Crippen molar-refractivity contribution in [1.82, 2.24) is 0 Å². The number of carbonyl (C=O) groups is 1. The number of benzene rings is 1. The lowest BCUT2D eigenvalue weighted by molar-refractivity contribution is -0.104. The van der Waals surface area contributed by atoms with Gasteiger partial charge in [-0.2, -0.15) is 0 Å². The Balaban J connectivity index is 2.20. The minimum atomic E-state index is 0.480. The van der Waals surface area contributed by atoms with E-state index in [2.05, 4.69) is 0 Å². The molecule has 0 aliphatic heterocycles. The van der Waals surface area contributed by atoms with E-state index in [1.807, 2.05) is 30.3 Å². The quantitative estimate of drug-likeness (QED) is 0.389. The van der Waals surface area contributed by atoms with Crippen molar-refractivity contribution >= 4 is 6.29 Å². The van der Waals surface area contributed by atoms with Gasteiger partial charge in [-0.15, -0.1) is 0 Å². The highest BCUT2D eigenvalue weighted by molar-refractivity contribution is 5.64. The SMILES string of the molecule is O=CC=CCOCc1ccccc1. The zero-order chi connectivity index (χ0) is 9.36. The summed E-state index contributed by atoms with van der Waals surface area (Å²) in [6.45, 7) is 1.07. The highest BCUT2D eigenvalue weighted by Crippen LogP contribution is 1.99. The molecule has 0 saturated carbocycles. The molecular weight excluding hydrogens is 164 g/mol. The van der Waals surface area contributed by atoms with Crippen LogP contribution in [0, 0.1) is 0 Å². The molecule has 0 atom stereocenters. The molecule has 0 aliphatic rings. The molecule has 0 bridgehead atoms. The Hall–Kier alpha value is -1.41. The smallest absolute Gasteiger partial charge is 0.142 e. The lowest BCUT2D eigenvalue weighted by atomic mass is 10.2. The van der Waals surface area contributed by atoms with Gasteiger partial charge >= 0.3 is 0 Å². The van der Waals surface area contributed by atoms with Crippen LogP contribution in [0.15, 0.2) is 42.5 Å². The van der Waals surface area contributed by atoms with Crippen LogP contribution in [-0.4, -0.2) is 12.9 Å². The summed E-state index contributed by atoms with van der Waals surface area (Å²) in [6.07, 6.45) is 3.87. The molecule has 0 aromatic heterocycles. The standard InChI is InChI=1S/C11H12O2/c12-8-4-5-9-13-10-11-6-2-1-3-7-11/h1-8H,9-10H2. The van der Waals surface area contributed by atoms with Crippen LogP contribution in [0.3, 0.4) is 0 Å². The summed E-state index contributed by atoms with van der Waals surface area (Å²) in [6, 6.07) is 9.92. The maximum absolute atomic E-state index is 9.90. The second kappa shape index (κ2) is 6.14. The molecule has 1 aromatic carbocycles. The number of rotatable bonds is 5. The molecule has 0 N–H and O–H groups in total. The molecule has 0 unspecified atom stereocenters. The first-order chi connectivity index (χ1) is 6.43. The maximum atomic E-state index is 9.90. The Kier molecular flexibility index (Phi) is 4.57. The zero-order valence-electron chi connectivity index (χ0n) is 7.35. The van der Waals surface area contributed by atoms with Crippen molar-refractivity contribution in [2.24, 2.45) is 0 Å². The van der Waals surface area contributed by atoms with Gasteiger partial charge < -0.3 is 4.74 Å². The van der Waals surface area contributed by atoms with E-state index in [4.69, 9.17) is 4.74 Å². The molecule has 0 fully saturated rings. The second-order valence-corrected chi connectivity index (χ2v) is 2.56. The van der Waals surface area contributed by atoms with E-state index in [1.54, 1.807) is 6.08 Å². The van der Waals surface area contributed by atoms with Crippen molar-refractivity contribution < 1.29 is 9.53 Å². The Morgan fingerprint density at radius 1 is 1.23 bits per heavy atom. The third kappa shape index (κ3) is 4.23. The van der Waals surface area contributed by atoms with Gasteiger partial charge in [-0.3, -0.25) is 4.79 Å². The number of hydrogen-bond acceptors (Lipinski definition) is 2. The number of hydrogen-bond donors (Lipinski definition) is 0. The number of carbonyl (C=O) groups excluding carboxylic acids is 1. The van der Waals surface area contributed by atoms with E-state index in [0.717, 1.165) is 11.8 Å². The molecule has 0 saturated heterocycles. The van der Waals surface area contributed by atoms with Crippen LogP contribution >= 0.6 is 0 Å². The first kappa shape index (κ1) is 9.68. The summed E-state index contributed by atoms with van der Waals surface area (Å²) < 4.78 is 5.28. The predicted molar refractivity (Wildman–Crippen MR) is 51.3 cm³/mol. The second-order valence-electron chi connectivity index (χ2n) is 2.56. The van der Waals surface area contributed by atoms with Crippen molar-refractivity contribution in [3.8, 4) is 0 Å². The highest BCUT2D eigenvalue weighted by Gasteiger charge is 1.88. The van der Waals surface area contributed by atoms with E-state index in [-0.39, 0.29) is 0 Å². The minimum Gasteiger partial charge on any atom is -0.373 e. The molecule has 1 rings (SSSR count). The largest absolute Gasteiger partial charge is 0.373 e. The average Bonchev–Trinajstić information content (AvgIpc) is 2.19. The van der Waals surface area contributed by atoms with Gasteiger partial charge in [0.1, 0.15) is 6.29 Å². The summed E-state index contributed by atoms with van der Waals surface area (Å²) in [4.78, 5) is 9.90. The van der Waals surface area contributed by atoms with E-state index in [1.165, 1.54) is 6.08 Å². The van der Waals surface area contributed by atoms with Gasteiger partial charge in [0, 0.05) is 0 Å². The molecule has 68 valence electrons. The zero-order valence-corrected chi connectivity index (χ0v) is 7.35. The van der Waals surface area contributed by atoms with Crippen LogP contribution < -0.4 is 0 Å². The number of aldehydes is 1. The fourth-order valence-corrected chi connectivity index (χ4v) is 0.930. The van der Waals surface area contributed by atoms with Crippen molar-refractivity contribution in [1.29, 1.82) is 0 Å². The van der Waals surface area contributed by atoms with Gasteiger partial charge in [-0.25, -0.2) is 0 Å². The molecule has 1 aromatic rings. The monoisotopic (exact) mass is 176 g/mol. The van der Waals surface area contributed by atoms with Crippen LogP contribution in [0.5, 0.6) is 0 Å². The molecule has 0 radical (unpaired) electrons. The summed E-state index contributed by atoms with van der Waals surface area (Å²) >= 11 is 0. The van der Waals surface area contributed by atoms with E-state index < -0.39 is 0 Å². The van der Waals surface area contributed by atoms with Crippen molar-refractivity contribution in [3.05, 3.63) is 48.0 Å². The maximum Gasteiger partial charge on any atom is 0.142 e.